The van der Waals surface area contributed by atoms with Crippen LogP contribution in [0.3, 0.4) is 0 Å². The molecule has 3 unspecified atom stereocenters. The first kappa shape index (κ1) is 18.0. The monoisotopic (exact) mass is 298 g/mol. The topological polar surface area (TPSA) is 92.4 Å². The van der Waals surface area contributed by atoms with Crippen LogP contribution in [0.15, 0.2) is 0 Å². The first-order valence-corrected chi connectivity index (χ1v) is 8.15. The summed E-state index contributed by atoms with van der Waals surface area (Å²) in [5, 5.41) is 11.8. The molecule has 5 heteroatoms. The highest BCUT2D eigenvalue weighted by Gasteiger charge is 2.42. The van der Waals surface area contributed by atoms with E-state index in [-0.39, 0.29) is 18.4 Å². The van der Waals surface area contributed by atoms with Crippen molar-refractivity contribution in [2.45, 2.75) is 71.3 Å². The zero-order chi connectivity index (χ0) is 15.9. The average molecular weight is 298 g/mol. The molecule has 1 rings (SSSR count). The van der Waals surface area contributed by atoms with E-state index in [2.05, 4.69) is 12.2 Å². The summed E-state index contributed by atoms with van der Waals surface area (Å²) < 4.78 is 0. The van der Waals surface area contributed by atoms with Crippen LogP contribution < -0.4 is 11.1 Å². The third-order valence-electron chi connectivity index (χ3n) is 4.85. The lowest BCUT2D eigenvalue weighted by Gasteiger charge is -2.28. The van der Waals surface area contributed by atoms with E-state index in [9.17, 15) is 9.59 Å². The fourth-order valence-corrected chi connectivity index (χ4v) is 3.24. The summed E-state index contributed by atoms with van der Waals surface area (Å²) in [7, 11) is 0. The van der Waals surface area contributed by atoms with E-state index >= 15 is 0 Å². The molecule has 0 aromatic rings. The Morgan fingerprint density at radius 1 is 1.38 bits per heavy atom. The van der Waals surface area contributed by atoms with E-state index in [0.717, 1.165) is 38.5 Å². The third-order valence-corrected chi connectivity index (χ3v) is 4.85. The molecule has 1 amide bonds. The molecular formula is C16H30N2O3. The van der Waals surface area contributed by atoms with Crippen molar-refractivity contribution in [1.82, 2.24) is 5.32 Å². The minimum atomic E-state index is -0.746. The number of nitrogens with one attached hydrogen (secondary N) is 1. The molecule has 4 N–H and O–H groups in total. The number of aliphatic carboxylic acids is 1. The number of carbonyl (C=O) groups excluding carboxylic acids is 1. The number of carboxylic acids is 1. The summed E-state index contributed by atoms with van der Waals surface area (Å²) in [5.74, 6) is -0.318. The van der Waals surface area contributed by atoms with E-state index in [1.807, 2.05) is 6.92 Å². The Hall–Kier alpha value is -1.10. The minimum absolute atomic E-state index is 0.0454. The lowest BCUT2D eigenvalue weighted by atomic mass is 9.84. The predicted molar refractivity (Wildman–Crippen MR) is 82.8 cm³/mol. The summed E-state index contributed by atoms with van der Waals surface area (Å²) in [4.78, 5) is 23.0. The molecule has 0 spiro atoms. The molecule has 1 saturated carbocycles. The summed E-state index contributed by atoms with van der Waals surface area (Å²) in [6, 6.07) is -0.0454. The second-order valence-electron chi connectivity index (χ2n) is 6.55. The molecule has 0 radical (unpaired) electrons. The van der Waals surface area contributed by atoms with Gasteiger partial charge in [-0.2, -0.15) is 0 Å². The van der Waals surface area contributed by atoms with E-state index < -0.39 is 11.4 Å². The smallest absolute Gasteiger partial charge is 0.303 e. The largest absolute Gasteiger partial charge is 0.481 e. The first-order chi connectivity index (χ1) is 9.90. The van der Waals surface area contributed by atoms with Gasteiger partial charge in [0.1, 0.15) is 0 Å². The van der Waals surface area contributed by atoms with Crippen LogP contribution in [0.1, 0.15) is 65.2 Å². The molecule has 0 aromatic carbocycles. The van der Waals surface area contributed by atoms with Gasteiger partial charge in [-0.25, -0.2) is 0 Å². The van der Waals surface area contributed by atoms with Crippen LogP contribution in [0.25, 0.3) is 0 Å². The van der Waals surface area contributed by atoms with Gasteiger partial charge in [-0.15, -0.1) is 0 Å². The first-order valence-electron chi connectivity index (χ1n) is 8.15. The zero-order valence-corrected chi connectivity index (χ0v) is 13.4. The van der Waals surface area contributed by atoms with Gasteiger partial charge in [-0.05, 0) is 38.5 Å². The fourth-order valence-electron chi connectivity index (χ4n) is 3.24. The molecule has 1 aliphatic rings. The molecular weight excluding hydrogens is 268 g/mol. The second-order valence-corrected chi connectivity index (χ2v) is 6.55. The molecule has 21 heavy (non-hydrogen) atoms. The molecule has 0 bridgehead atoms. The highest BCUT2D eigenvalue weighted by Crippen LogP contribution is 2.36. The summed E-state index contributed by atoms with van der Waals surface area (Å²) in [6.07, 6.45) is 6.59. The van der Waals surface area contributed by atoms with Gasteiger partial charge >= 0.3 is 5.97 Å². The van der Waals surface area contributed by atoms with Crippen molar-refractivity contribution >= 4 is 11.9 Å². The molecule has 0 aliphatic heterocycles. The van der Waals surface area contributed by atoms with Gasteiger partial charge in [0.05, 0.1) is 5.41 Å². The zero-order valence-electron chi connectivity index (χ0n) is 13.4. The number of nitrogens with two attached hydrogens (primary N) is 1. The molecule has 0 heterocycles. The van der Waals surface area contributed by atoms with Gasteiger partial charge < -0.3 is 16.2 Å². The highest BCUT2D eigenvalue weighted by atomic mass is 16.4. The Labute approximate surface area is 127 Å². The van der Waals surface area contributed by atoms with Gasteiger partial charge in [0.25, 0.3) is 0 Å². The normalized spacial score (nSPS) is 26.5. The molecule has 122 valence electrons. The maximum Gasteiger partial charge on any atom is 0.303 e. The molecule has 0 saturated heterocycles. The maximum absolute atomic E-state index is 12.3. The van der Waals surface area contributed by atoms with Crippen LogP contribution in [0.5, 0.6) is 0 Å². The van der Waals surface area contributed by atoms with Gasteiger partial charge in [-0.1, -0.05) is 26.2 Å². The summed E-state index contributed by atoms with van der Waals surface area (Å²) >= 11 is 0. The lowest BCUT2D eigenvalue weighted by molar-refractivity contribution is -0.137. The van der Waals surface area contributed by atoms with E-state index in [1.165, 1.54) is 0 Å². The van der Waals surface area contributed by atoms with Crippen LogP contribution in [0.2, 0.25) is 0 Å². The quantitative estimate of drug-likeness (QED) is 0.609. The van der Waals surface area contributed by atoms with Crippen LogP contribution >= 0.6 is 0 Å². The Balaban J connectivity index is 2.35. The van der Waals surface area contributed by atoms with Crippen LogP contribution in [-0.4, -0.2) is 29.6 Å². The Bertz CT molecular complexity index is 359. The van der Waals surface area contributed by atoms with Gasteiger partial charge in [0.15, 0.2) is 0 Å². The number of carbonyl (C=O) groups is 2. The fraction of sp³-hybridized carbons (Fsp3) is 0.875. The molecule has 5 nitrogen and oxygen atoms in total. The second kappa shape index (κ2) is 8.37. The number of carboxylic acid groups (broad SMARTS) is 1. The Kier molecular flexibility index (Phi) is 7.15. The van der Waals surface area contributed by atoms with Crippen molar-refractivity contribution in [1.29, 1.82) is 0 Å². The number of hydrogen-bond donors (Lipinski definition) is 3. The van der Waals surface area contributed by atoms with Crippen molar-refractivity contribution in [2.24, 2.45) is 17.1 Å². The van der Waals surface area contributed by atoms with E-state index in [1.54, 1.807) is 0 Å². The standard InChI is InChI=1S/C16H30N2O3/c1-3-5-12(7-8-14(19)20)9-11-18-15(21)16(2)10-4-6-13(16)17/h12-13H,3-11,17H2,1-2H3,(H,18,21)(H,19,20). The molecule has 1 fully saturated rings. The van der Waals surface area contributed by atoms with Crippen molar-refractivity contribution in [3.63, 3.8) is 0 Å². The maximum atomic E-state index is 12.3. The van der Waals surface area contributed by atoms with E-state index in [4.69, 9.17) is 10.8 Å². The van der Waals surface area contributed by atoms with Crippen LogP contribution in [-0.2, 0) is 9.59 Å². The van der Waals surface area contributed by atoms with Crippen molar-refractivity contribution < 1.29 is 14.7 Å². The molecule has 0 aromatic heterocycles. The van der Waals surface area contributed by atoms with Gasteiger partial charge in [0, 0.05) is 19.0 Å². The Morgan fingerprint density at radius 3 is 2.62 bits per heavy atom. The van der Waals surface area contributed by atoms with Crippen LogP contribution in [0, 0.1) is 11.3 Å². The SMILES string of the molecule is CCCC(CCNC(=O)C1(C)CCCC1N)CCC(=O)O. The van der Waals surface area contributed by atoms with Crippen LogP contribution in [0.4, 0.5) is 0 Å². The molecule has 1 aliphatic carbocycles. The highest BCUT2D eigenvalue weighted by molar-refractivity contribution is 5.83. The Morgan fingerprint density at radius 2 is 2.10 bits per heavy atom. The number of rotatable bonds is 9. The van der Waals surface area contributed by atoms with Gasteiger partial charge in [-0.3, -0.25) is 9.59 Å². The van der Waals surface area contributed by atoms with Gasteiger partial charge in [0.2, 0.25) is 5.91 Å². The predicted octanol–water partition coefficient (Wildman–Crippen LogP) is 2.29. The van der Waals surface area contributed by atoms with Crippen molar-refractivity contribution in [3.8, 4) is 0 Å². The lowest BCUT2D eigenvalue weighted by Crippen LogP contribution is -2.47. The average Bonchev–Trinajstić information content (AvgIpc) is 2.77. The summed E-state index contributed by atoms with van der Waals surface area (Å²) in [6.45, 7) is 4.67. The van der Waals surface area contributed by atoms with E-state index in [0.29, 0.717) is 18.9 Å². The number of amides is 1. The molecule has 3 atom stereocenters. The van der Waals surface area contributed by atoms with Crippen molar-refractivity contribution in [3.05, 3.63) is 0 Å². The third kappa shape index (κ3) is 5.30. The summed E-state index contributed by atoms with van der Waals surface area (Å²) in [5.41, 5.74) is 5.62. The van der Waals surface area contributed by atoms with Crippen molar-refractivity contribution in [2.75, 3.05) is 6.54 Å². The number of hydrogen-bond acceptors (Lipinski definition) is 3. The minimum Gasteiger partial charge on any atom is -0.481 e.